The highest BCUT2D eigenvalue weighted by molar-refractivity contribution is 6.06. The first kappa shape index (κ1) is 95.6. The molecule has 3 unspecified atom stereocenters. The fourth-order valence-electron chi connectivity index (χ4n) is 14.7. The fraction of sp³-hybridized carbons (Fsp3) is 0.261. The number of nitrogen functional groups attached to an aromatic ring is 4. The molecule has 8 amide bonds. The average molecular weight is 1790 g/mol. The molecule has 2 fully saturated rings. The molecule has 2 aliphatic rings. The lowest BCUT2D eigenvalue weighted by Crippen LogP contribution is -2.31. The molecule has 4 aromatic heterocycles. The number of benzene rings is 8. The van der Waals surface area contributed by atoms with E-state index >= 15 is 0 Å². The second kappa shape index (κ2) is 40.3. The standard InChI is InChI=1S/C24H26F2N6O2.C23H23F3N6O2.C23H27N5O2.C22H22F3N5O2/c1-14-5-3-4-6-17(14)23(34)29-11-15-7-9-16(10-8-15)20-19(22(28)33)21(27)32(30-20)18-12-31(2)13-24(18,25)26;1-12-2-7-15(24)8-16(12)22(34)30-9-13-3-5-14(6-4-13)19-18(21(28)33)20(27)32(31-19)17-10-29-11-23(17,25)26;1-4-15(3)28-21(24)19(22(25)29)20(27-28)17-11-9-16(10-12-17)13-26-23(30)18-8-6-5-7-14(18)2;1-10(2)30-20(26)18(21(27)31)19(29-30)15-8-16(24)12(6-17(15)25)9-28-22(32)14-7-13(23)5-4-11(14)3/h3-10,18H,11-13,27H2,1-2H3,(H2,28,33)(H,29,34);2-8,17,29H,9-11,27H2,1H3,(H2,28,33)(H,30,34);5-12,15H,4,13,24H2,1-3H3,(H2,25,29)(H,26,30);4-8,10H,9,26H2,1-3H3,(H2,27,31)(H,28,32). The van der Waals surface area contributed by atoms with Crippen molar-refractivity contribution in [3.05, 3.63) is 282 Å². The highest BCUT2D eigenvalue weighted by Crippen LogP contribution is 2.42. The number of halogens is 8. The van der Waals surface area contributed by atoms with Crippen LogP contribution in [0.2, 0.25) is 0 Å². The Kier molecular flexibility index (Phi) is 29.6. The van der Waals surface area contributed by atoms with E-state index in [9.17, 15) is 73.5 Å². The molecule has 12 aromatic rings. The number of primary amides is 4. The van der Waals surface area contributed by atoms with E-state index in [4.69, 9.17) is 45.9 Å². The Morgan fingerprint density at radius 3 is 1.19 bits per heavy atom. The third-order valence-corrected chi connectivity index (χ3v) is 22.0. The minimum absolute atomic E-state index is 0.0377. The van der Waals surface area contributed by atoms with E-state index in [0.29, 0.717) is 51.2 Å². The molecule has 6 heterocycles. The molecular formula is C92H98F8N22O8. The number of carbonyl (C=O) groups is 8. The number of carbonyl (C=O) groups excluding carboxylic acids is 8. The van der Waals surface area contributed by atoms with Crippen LogP contribution in [-0.4, -0.2) is 136 Å². The molecule has 2 aliphatic heterocycles. The Hall–Kier alpha value is -15.1. The number of aryl methyl sites for hydroxylation is 4. The second-order valence-corrected chi connectivity index (χ2v) is 31.7. The zero-order chi connectivity index (χ0) is 94.8. The van der Waals surface area contributed by atoms with E-state index in [1.54, 1.807) is 106 Å². The summed E-state index contributed by atoms with van der Waals surface area (Å²) < 4.78 is 119. The van der Waals surface area contributed by atoms with E-state index in [1.807, 2.05) is 82.3 Å². The summed E-state index contributed by atoms with van der Waals surface area (Å²) in [5.74, 6) is -13.8. The lowest BCUT2D eigenvalue weighted by molar-refractivity contribution is -0.0233. The summed E-state index contributed by atoms with van der Waals surface area (Å²) in [6, 6.07) is 42.3. The van der Waals surface area contributed by atoms with Crippen LogP contribution in [-0.2, 0) is 26.2 Å². The van der Waals surface area contributed by atoms with Crippen molar-refractivity contribution in [1.29, 1.82) is 0 Å². The van der Waals surface area contributed by atoms with Crippen molar-refractivity contribution in [3.8, 4) is 45.0 Å². The highest BCUT2D eigenvalue weighted by Gasteiger charge is 2.50. The molecule has 130 heavy (non-hydrogen) atoms. The number of nitrogens with zero attached hydrogens (tertiary/aromatic N) is 9. The number of likely N-dealkylation sites (tertiary alicyclic amines) is 1. The van der Waals surface area contributed by atoms with Crippen molar-refractivity contribution in [1.82, 2.24) is 70.6 Å². The Labute approximate surface area is 741 Å². The summed E-state index contributed by atoms with van der Waals surface area (Å²) in [6.07, 6.45) is 0.822. The van der Waals surface area contributed by atoms with Gasteiger partial charge in [-0.1, -0.05) is 128 Å². The molecule has 0 aliphatic carbocycles. The van der Waals surface area contributed by atoms with Crippen LogP contribution >= 0.6 is 0 Å². The number of aromatic nitrogens is 8. The molecule has 30 nitrogen and oxygen atoms in total. The van der Waals surface area contributed by atoms with Gasteiger partial charge in [0.1, 0.15) is 104 Å². The predicted molar refractivity (Wildman–Crippen MR) is 475 cm³/mol. The number of amides is 8. The van der Waals surface area contributed by atoms with Gasteiger partial charge in [-0.25, -0.2) is 53.9 Å². The molecule has 2 saturated heterocycles. The van der Waals surface area contributed by atoms with Gasteiger partial charge in [-0.15, -0.1) is 0 Å². The van der Waals surface area contributed by atoms with Gasteiger partial charge in [0, 0.05) is 95.4 Å². The molecule has 0 radical (unpaired) electrons. The van der Waals surface area contributed by atoms with Crippen LogP contribution in [0, 0.1) is 51.0 Å². The molecule has 0 saturated carbocycles. The van der Waals surface area contributed by atoms with Gasteiger partial charge in [-0.05, 0) is 149 Å². The molecule has 680 valence electrons. The number of alkyl halides is 4. The molecule has 14 rings (SSSR count). The number of rotatable bonds is 25. The highest BCUT2D eigenvalue weighted by atomic mass is 19.3. The maximum absolute atomic E-state index is 14.9. The predicted octanol–water partition coefficient (Wildman–Crippen LogP) is 11.9. The Morgan fingerprint density at radius 2 is 0.808 bits per heavy atom. The minimum Gasteiger partial charge on any atom is -0.383 e. The molecule has 0 bridgehead atoms. The summed E-state index contributed by atoms with van der Waals surface area (Å²) in [4.78, 5) is 99.1. The first-order valence-corrected chi connectivity index (χ1v) is 40.9. The normalized spacial score (nSPS) is 14.5. The van der Waals surface area contributed by atoms with E-state index < -0.39 is 95.7 Å². The Morgan fingerprint density at radius 1 is 0.438 bits per heavy atom. The SMILES string of the molecule is CCC(C)n1nc(-c2ccc(CNC(=O)c3ccccc3C)cc2)c(C(N)=O)c1N.Cc1ccc(F)cc1C(=O)NCc1cc(F)c(-c2nn(C(C)C)c(N)c2C(N)=O)cc1F.Cc1ccc(F)cc1C(=O)NCc1ccc(-c2nn(C3CNCC3(F)F)c(N)c2C(N)=O)cc1.Cc1ccccc1C(=O)NCc1ccc(-c2nn(C3CN(C)CC3(F)F)c(N)c2C(N)=O)cc1. The van der Waals surface area contributed by atoms with Crippen LogP contribution in [0.5, 0.6) is 0 Å². The van der Waals surface area contributed by atoms with Gasteiger partial charge >= 0.3 is 0 Å². The van der Waals surface area contributed by atoms with Crippen molar-refractivity contribution in [3.63, 3.8) is 0 Å². The lowest BCUT2D eigenvalue weighted by Gasteiger charge is -2.19. The van der Waals surface area contributed by atoms with Crippen LogP contribution < -0.4 is 72.5 Å². The summed E-state index contributed by atoms with van der Waals surface area (Å²) in [5, 5.41) is 30.7. The minimum atomic E-state index is -3.09. The van der Waals surface area contributed by atoms with Gasteiger partial charge in [0.05, 0.1) is 19.1 Å². The van der Waals surface area contributed by atoms with E-state index in [2.05, 4.69) is 47.0 Å². The van der Waals surface area contributed by atoms with E-state index in [-0.39, 0.29) is 141 Å². The zero-order valence-corrected chi connectivity index (χ0v) is 72.3. The lowest BCUT2D eigenvalue weighted by atomic mass is 10.0. The number of nitrogens with two attached hydrogens (primary N) is 8. The van der Waals surface area contributed by atoms with Crippen molar-refractivity contribution in [2.75, 3.05) is 56.2 Å². The number of nitrogens with one attached hydrogen (secondary N) is 5. The van der Waals surface area contributed by atoms with Gasteiger partial charge in [-0.2, -0.15) is 20.4 Å². The summed E-state index contributed by atoms with van der Waals surface area (Å²) in [5.41, 5.74) is 54.7. The van der Waals surface area contributed by atoms with Gasteiger partial charge < -0.3 is 72.5 Å². The van der Waals surface area contributed by atoms with Gasteiger partial charge in [0.2, 0.25) is 0 Å². The fourth-order valence-corrected chi connectivity index (χ4v) is 14.7. The molecule has 8 aromatic carbocycles. The number of likely N-dealkylation sites (N-methyl/N-ethyl adjacent to an activating group) is 1. The topological polar surface area (TPSA) is 479 Å². The van der Waals surface area contributed by atoms with Crippen LogP contribution in [0.15, 0.2) is 170 Å². The van der Waals surface area contributed by atoms with Gasteiger partial charge in [0.15, 0.2) is 0 Å². The summed E-state index contributed by atoms with van der Waals surface area (Å²) in [7, 11) is 1.58. The van der Waals surface area contributed by atoms with Gasteiger partial charge in [0.25, 0.3) is 59.1 Å². The zero-order valence-electron chi connectivity index (χ0n) is 72.3. The maximum atomic E-state index is 14.9. The number of hydrogen-bond acceptors (Lipinski definition) is 18. The molecule has 0 spiro atoms. The third kappa shape index (κ3) is 21.4. The van der Waals surface area contributed by atoms with E-state index in [0.717, 1.165) is 61.8 Å². The van der Waals surface area contributed by atoms with Crippen LogP contribution in [0.1, 0.15) is 186 Å². The monoisotopic (exact) mass is 1790 g/mol. The van der Waals surface area contributed by atoms with Crippen LogP contribution in [0.4, 0.5) is 58.4 Å². The number of hydrogen-bond donors (Lipinski definition) is 13. The van der Waals surface area contributed by atoms with E-state index in [1.165, 1.54) is 39.9 Å². The molecule has 3 atom stereocenters. The van der Waals surface area contributed by atoms with Crippen molar-refractivity contribution in [2.45, 2.75) is 124 Å². The van der Waals surface area contributed by atoms with Crippen molar-refractivity contribution >= 4 is 70.5 Å². The van der Waals surface area contributed by atoms with Crippen LogP contribution in [0.25, 0.3) is 45.0 Å². The third-order valence-electron chi connectivity index (χ3n) is 22.0. The Balaban J connectivity index is 0.000000168. The Bertz CT molecular complexity index is 6290. The summed E-state index contributed by atoms with van der Waals surface area (Å²) >= 11 is 0. The largest absolute Gasteiger partial charge is 0.383 e. The smallest absolute Gasteiger partial charge is 0.283 e. The average Bonchev–Trinajstić information content (AvgIpc) is 1.60. The summed E-state index contributed by atoms with van der Waals surface area (Å²) in [6.45, 7) is 14.1. The van der Waals surface area contributed by atoms with Gasteiger partial charge in [-0.3, -0.25) is 43.3 Å². The first-order valence-electron chi connectivity index (χ1n) is 40.9. The second-order valence-electron chi connectivity index (χ2n) is 31.7. The first-order chi connectivity index (χ1) is 61.5. The molecule has 38 heteroatoms. The van der Waals surface area contributed by atoms with Crippen molar-refractivity contribution in [2.24, 2.45) is 22.9 Å². The number of anilines is 4. The van der Waals surface area contributed by atoms with Crippen molar-refractivity contribution < 1.29 is 73.5 Å². The molecule has 21 N–H and O–H groups in total. The molecular weight excluding hydrogens is 1690 g/mol. The van der Waals surface area contributed by atoms with Crippen LogP contribution in [0.3, 0.4) is 0 Å². The quantitative estimate of drug-likeness (QED) is 0.0236. The maximum Gasteiger partial charge on any atom is 0.283 e.